The molecule has 0 radical (unpaired) electrons. The highest BCUT2D eigenvalue weighted by atomic mass is 16.2. The van der Waals surface area contributed by atoms with E-state index in [4.69, 9.17) is 0 Å². The van der Waals surface area contributed by atoms with E-state index in [1.165, 1.54) is 0 Å². The molecule has 1 aromatic heterocycles. The number of nitrogens with zero attached hydrogens (tertiary/aromatic N) is 4. The van der Waals surface area contributed by atoms with Crippen molar-refractivity contribution in [3.05, 3.63) is 47.3 Å². The maximum atomic E-state index is 12.9. The molecule has 1 N–H and O–H groups in total. The summed E-state index contributed by atoms with van der Waals surface area (Å²) in [6, 6.07) is 9.47. The van der Waals surface area contributed by atoms with Crippen molar-refractivity contribution < 1.29 is 9.59 Å². The molecule has 0 atom stereocenters. The molecule has 1 aromatic carbocycles. The zero-order valence-corrected chi connectivity index (χ0v) is 18.5. The lowest BCUT2D eigenvalue weighted by atomic mass is 10.1. The first-order valence-corrected chi connectivity index (χ1v) is 10.7. The van der Waals surface area contributed by atoms with Crippen LogP contribution in [0.4, 0.5) is 5.69 Å². The van der Waals surface area contributed by atoms with Gasteiger partial charge < -0.3 is 10.2 Å². The Hall–Kier alpha value is -2.67. The zero-order chi connectivity index (χ0) is 21.7. The molecule has 7 nitrogen and oxygen atoms in total. The zero-order valence-electron chi connectivity index (χ0n) is 18.5. The van der Waals surface area contributed by atoms with Gasteiger partial charge >= 0.3 is 0 Å². The third-order valence-corrected chi connectivity index (χ3v) is 5.55. The van der Waals surface area contributed by atoms with Gasteiger partial charge in [-0.2, -0.15) is 5.10 Å². The number of para-hydroxylation sites is 1. The molecular weight excluding hydrogens is 378 g/mol. The highest BCUT2D eigenvalue weighted by Crippen LogP contribution is 2.17. The first-order chi connectivity index (χ1) is 14.3. The molecule has 1 saturated heterocycles. The van der Waals surface area contributed by atoms with E-state index in [0.717, 1.165) is 29.2 Å². The van der Waals surface area contributed by atoms with E-state index in [-0.39, 0.29) is 11.8 Å². The van der Waals surface area contributed by atoms with Crippen molar-refractivity contribution in [2.45, 2.75) is 40.7 Å². The Labute approximate surface area is 179 Å². The Bertz CT molecular complexity index is 867. The number of anilines is 1. The van der Waals surface area contributed by atoms with Gasteiger partial charge in [0.1, 0.15) is 0 Å². The van der Waals surface area contributed by atoms with Crippen LogP contribution in [0.3, 0.4) is 0 Å². The topological polar surface area (TPSA) is 70.5 Å². The van der Waals surface area contributed by atoms with Crippen LogP contribution in [-0.4, -0.2) is 64.1 Å². The Balaban J connectivity index is 1.48. The summed E-state index contributed by atoms with van der Waals surface area (Å²) in [5.41, 5.74) is 3.88. The average Bonchev–Trinajstić information content (AvgIpc) is 2.96. The van der Waals surface area contributed by atoms with Crippen molar-refractivity contribution in [2.24, 2.45) is 5.92 Å². The van der Waals surface area contributed by atoms with Crippen molar-refractivity contribution in [2.75, 3.05) is 38.0 Å². The van der Waals surface area contributed by atoms with Crippen molar-refractivity contribution in [1.82, 2.24) is 19.6 Å². The van der Waals surface area contributed by atoms with Gasteiger partial charge in [-0.05, 0) is 31.9 Å². The molecule has 1 aliphatic heterocycles. The number of carbonyl (C=O) groups is 2. The van der Waals surface area contributed by atoms with E-state index in [0.29, 0.717) is 45.1 Å². The standard InChI is InChI=1S/C23H33N5O2/c1-17(2)15-28-19(4)21(18(3)25-28)14-23(30)27-12-10-26(11-13-27)16-22(29)24-20-8-6-5-7-9-20/h5-9,17H,10-16H2,1-4H3,(H,24,29). The molecule has 1 aliphatic rings. The van der Waals surface area contributed by atoms with Gasteiger partial charge in [0, 0.05) is 49.7 Å². The number of amides is 2. The summed E-state index contributed by atoms with van der Waals surface area (Å²) in [4.78, 5) is 29.1. The number of aromatic nitrogens is 2. The smallest absolute Gasteiger partial charge is 0.238 e. The lowest BCUT2D eigenvalue weighted by Crippen LogP contribution is -2.50. The van der Waals surface area contributed by atoms with Crippen LogP contribution in [0, 0.1) is 19.8 Å². The van der Waals surface area contributed by atoms with Crippen molar-refractivity contribution >= 4 is 17.5 Å². The fraction of sp³-hybridized carbons (Fsp3) is 0.522. The number of nitrogens with one attached hydrogen (secondary N) is 1. The van der Waals surface area contributed by atoms with Gasteiger partial charge in [-0.25, -0.2) is 0 Å². The molecule has 0 bridgehead atoms. The van der Waals surface area contributed by atoms with Gasteiger partial charge in [-0.3, -0.25) is 19.2 Å². The molecule has 3 rings (SSSR count). The van der Waals surface area contributed by atoms with Gasteiger partial charge in [0.2, 0.25) is 11.8 Å². The highest BCUT2D eigenvalue weighted by molar-refractivity contribution is 5.92. The minimum Gasteiger partial charge on any atom is -0.340 e. The van der Waals surface area contributed by atoms with E-state index >= 15 is 0 Å². The third kappa shape index (κ3) is 5.69. The summed E-state index contributed by atoms with van der Waals surface area (Å²) in [6.45, 7) is 12.3. The van der Waals surface area contributed by atoms with Crippen LogP contribution in [0.25, 0.3) is 0 Å². The Morgan fingerprint density at radius 2 is 1.73 bits per heavy atom. The van der Waals surface area contributed by atoms with Gasteiger partial charge in [0.25, 0.3) is 0 Å². The largest absolute Gasteiger partial charge is 0.340 e. The second kappa shape index (κ2) is 9.89. The molecule has 0 aliphatic carbocycles. The van der Waals surface area contributed by atoms with Gasteiger partial charge in [-0.15, -0.1) is 0 Å². The fourth-order valence-corrected chi connectivity index (χ4v) is 3.86. The maximum Gasteiger partial charge on any atom is 0.238 e. The van der Waals surface area contributed by atoms with Crippen LogP contribution < -0.4 is 5.32 Å². The molecule has 162 valence electrons. The van der Waals surface area contributed by atoms with Crippen LogP contribution in [-0.2, 0) is 22.6 Å². The van der Waals surface area contributed by atoms with E-state index in [2.05, 4.69) is 29.2 Å². The minimum absolute atomic E-state index is 0.0233. The summed E-state index contributed by atoms with van der Waals surface area (Å²) < 4.78 is 2.02. The van der Waals surface area contributed by atoms with Gasteiger partial charge in [0.15, 0.2) is 0 Å². The first-order valence-electron chi connectivity index (χ1n) is 10.7. The molecule has 0 saturated carbocycles. The van der Waals surface area contributed by atoms with Crippen LogP contribution >= 0.6 is 0 Å². The molecular formula is C23H33N5O2. The second-order valence-electron chi connectivity index (χ2n) is 8.47. The molecule has 0 unspecified atom stereocenters. The summed E-state index contributed by atoms with van der Waals surface area (Å²) in [5.74, 6) is 0.627. The number of rotatable bonds is 7. The van der Waals surface area contributed by atoms with Crippen LogP contribution in [0.5, 0.6) is 0 Å². The van der Waals surface area contributed by atoms with E-state index in [1.807, 2.05) is 53.8 Å². The number of hydrogen-bond acceptors (Lipinski definition) is 4. The summed E-state index contributed by atoms with van der Waals surface area (Å²) in [5, 5.41) is 7.53. The first kappa shape index (κ1) is 22.0. The van der Waals surface area contributed by atoms with Crippen molar-refractivity contribution in [3.63, 3.8) is 0 Å². The monoisotopic (exact) mass is 411 g/mol. The Kier molecular flexibility index (Phi) is 7.26. The number of carbonyl (C=O) groups excluding carboxylic acids is 2. The quantitative estimate of drug-likeness (QED) is 0.760. The van der Waals surface area contributed by atoms with E-state index < -0.39 is 0 Å². The molecule has 1 fully saturated rings. The van der Waals surface area contributed by atoms with Gasteiger partial charge in [0.05, 0.1) is 18.7 Å². The highest BCUT2D eigenvalue weighted by Gasteiger charge is 2.24. The van der Waals surface area contributed by atoms with Gasteiger partial charge in [-0.1, -0.05) is 32.0 Å². The number of benzene rings is 1. The summed E-state index contributed by atoms with van der Waals surface area (Å²) >= 11 is 0. The normalized spacial score (nSPS) is 14.9. The van der Waals surface area contributed by atoms with Crippen LogP contribution in [0.1, 0.15) is 30.8 Å². The Morgan fingerprint density at radius 3 is 2.37 bits per heavy atom. The molecule has 2 heterocycles. The predicted molar refractivity (Wildman–Crippen MR) is 118 cm³/mol. The fourth-order valence-electron chi connectivity index (χ4n) is 3.86. The summed E-state index contributed by atoms with van der Waals surface area (Å²) in [6.07, 6.45) is 0.393. The lowest BCUT2D eigenvalue weighted by molar-refractivity contribution is -0.132. The molecule has 2 amide bonds. The lowest BCUT2D eigenvalue weighted by Gasteiger charge is -2.34. The number of piperazine rings is 1. The molecule has 0 spiro atoms. The van der Waals surface area contributed by atoms with Crippen molar-refractivity contribution in [3.8, 4) is 0 Å². The molecule has 2 aromatic rings. The SMILES string of the molecule is Cc1nn(CC(C)C)c(C)c1CC(=O)N1CCN(CC(=O)Nc2ccccc2)CC1. The van der Waals surface area contributed by atoms with Crippen LogP contribution in [0.2, 0.25) is 0 Å². The molecule has 30 heavy (non-hydrogen) atoms. The molecule has 7 heteroatoms. The van der Waals surface area contributed by atoms with Crippen LogP contribution in [0.15, 0.2) is 30.3 Å². The third-order valence-electron chi connectivity index (χ3n) is 5.55. The summed E-state index contributed by atoms with van der Waals surface area (Å²) in [7, 11) is 0. The Morgan fingerprint density at radius 1 is 1.07 bits per heavy atom. The van der Waals surface area contributed by atoms with E-state index in [9.17, 15) is 9.59 Å². The number of hydrogen-bond donors (Lipinski definition) is 1. The average molecular weight is 412 g/mol. The van der Waals surface area contributed by atoms with E-state index in [1.54, 1.807) is 0 Å². The van der Waals surface area contributed by atoms with Crippen molar-refractivity contribution in [1.29, 1.82) is 0 Å². The minimum atomic E-state index is -0.0233. The number of aryl methyl sites for hydroxylation is 1. The predicted octanol–water partition coefficient (Wildman–Crippen LogP) is 2.48. The maximum absolute atomic E-state index is 12.9. The second-order valence-corrected chi connectivity index (χ2v) is 8.47.